The fourth-order valence-corrected chi connectivity index (χ4v) is 5.67. The van der Waals surface area contributed by atoms with E-state index < -0.39 is 6.17 Å². The molecule has 5 rings (SSSR count). The van der Waals surface area contributed by atoms with Crippen molar-refractivity contribution in [3.8, 4) is 11.3 Å². The lowest BCUT2D eigenvalue weighted by Gasteiger charge is -2.30. The summed E-state index contributed by atoms with van der Waals surface area (Å²) in [6.07, 6.45) is 0.463. The maximum atomic E-state index is 13.0. The van der Waals surface area contributed by atoms with Crippen LogP contribution in [0.25, 0.3) is 11.3 Å². The third-order valence-corrected chi connectivity index (χ3v) is 7.33. The van der Waals surface area contributed by atoms with Crippen LogP contribution in [0.4, 0.5) is 5.00 Å². The first-order chi connectivity index (χ1) is 15.9. The van der Waals surface area contributed by atoms with Crippen LogP contribution in [0, 0.1) is 0 Å². The summed E-state index contributed by atoms with van der Waals surface area (Å²) in [4.78, 5) is 28.6. The van der Waals surface area contributed by atoms with Gasteiger partial charge in [0.15, 0.2) is 6.17 Å². The minimum absolute atomic E-state index is 0.0546. The highest BCUT2D eigenvalue weighted by atomic mass is 32.1. The maximum Gasteiger partial charge on any atom is 0.338 e. The van der Waals surface area contributed by atoms with Gasteiger partial charge in [0.05, 0.1) is 17.7 Å². The number of carbonyl (C=O) groups is 2. The molecule has 0 unspecified atom stereocenters. The van der Waals surface area contributed by atoms with Gasteiger partial charge in [0, 0.05) is 29.6 Å². The Morgan fingerprint density at radius 1 is 1.21 bits per heavy atom. The highest BCUT2D eigenvalue weighted by Crippen LogP contribution is 2.41. The number of carbonyl (C=O) groups excluding carboxylic acids is 2. The molecule has 0 bridgehead atoms. The number of rotatable bonds is 5. The molecule has 0 spiro atoms. The normalized spacial score (nSPS) is 17.8. The molecule has 172 valence electrons. The molecule has 3 aromatic rings. The Kier molecular flexibility index (Phi) is 5.72. The van der Waals surface area contributed by atoms with Crippen molar-refractivity contribution in [2.75, 3.05) is 18.5 Å². The topological polar surface area (TPSA) is 83.8 Å². The number of nitrogens with zero attached hydrogens (tertiary/aromatic N) is 1. The first-order valence-corrected chi connectivity index (χ1v) is 12.1. The summed E-state index contributed by atoms with van der Waals surface area (Å²) in [5.74, 6) is 0.902. The molecule has 2 aliphatic rings. The molecule has 0 aliphatic carbocycles. The lowest BCUT2D eigenvalue weighted by Crippen LogP contribution is -2.39. The molecule has 33 heavy (non-hydrogen) atoms. The van der Waals surface area contributed by atoms with Gasteiger partial charge >= 0.3 is 5.97 Å². The van der Waals surface area contributed by atoms with Crippen LogP contribution in [0.1, 0.15) is 63.9 Å². The number of thiophene rings is 1. The fraction of sp³-hybridized carbons (Fsp3) is 0.360. The molecular weight excluding hydrogens is 438 g/mol. The third kappa shape index (κ3) is 4.05. The zero-order valence-electron chi connectivity index (χ0n) is 18.9. The van der Waals surface area contributed by atoms with E-state index in [4.69, 9.17) is 9.15 Å². The van der Waals surface area contributed by atoms with Gasteiger partial charge in [0.2, 0.25) is 0 Å². The van der Waals surface area contributed by atoms with Crippen LogP contribution >= 0.6 is 11.3 Å². The molecule has 1 aromatic carbocycles. The van der Waals surface area contributed by atoms with E-state index in [1.807, 2.05) is 24.3 Å². The van der Waals surface area contributed by atoms with E-state index in [0.29, 0.717) is 29.7 Å². The largest absolute Gasteiger partial charge is 0.462 e. The number of hydrogen-bond acceptors (Lipinski definition) is 7. The second-order valence-electron chi connectivity index (χ2n) is 8.57. The van der Waals surface area contributed by atoms with Crippen LogP contribution in [0.5, 0.6) is 0 Å². The number of fused-ring (bicyclic) bond motifs is 3. The zero-order valence-corrected chi connectivity index (χ0v) is 19.8. The van der Waals surface area contributed by atoms with Crippen molar-refractivity contribution in [1.82, 2.24) is 10.2 Å². The lowest BCUT2D eigenvalue weighted by atomic mass is 10.0. The van der Waals surface area contributed by atoms with Gasteiger partial charge in [0.25, 0.3) is 5.91 Å². The number of amides is 1. The van der Waals surface area contributed by atoms with Crippen LogP contribution in [0.15, 0.2) is 40.8 Å². The lowest BCUT2D eigenvalue weighted by molar-refractivity contribution is 0.0526. The first kappa shape index (κ1) is 21.7. The Balaban J connectivity index is 1.35. The molecule has 2 N–H and O–H groups in total. The van der Waals surface area contributed by atoms with E-state index in [9.17, 15) is 9.59 Å². The average molecular weight is 466 g/mol. The summed E-state index contributed by atoms with van der Waals surface area (Å²) in [7, 11) is 0. The highest BCUT2D eigenvalue weighted by Gasteiger charge is 2.34. The van der Waals surface area contributed by atoms with Crippen molar-refractivity contribution < 1.29 is 18.7 Å². The van der Waals surface area contributed by atoms with Crippen molar-refractivity contribution >= 4 is 28.2 Å². The molecule has 7 nitrogen and oxygen atoms in total. The Labute approximate surface area is 196 Å². The summed E-state index contributed by atoms with van der Waals surface area (Å²) in [6, 6.07) is 11.3. The molecule has 2 aliphatic heterocycles. The second-order valence-corrected chi connectivity index (χ2v) is 9.68. The number of hydrogen-bond donors (Lipinski definition) is 2. The van der Waals surface area contributed by atoms with Crippen molar-refractivity contribution in [1.29, 1.82) is 0 Å². The average Bonchev–Trinajstić information content (AvgIpc) is 3.44. The number of anilines is 1. The highest BCUT2D eigenvalue weighted by molar-refractivity contribution is 7.16. The zero-order chi connectivity index (χ0) is 23.1. The summed E-state index contributed by atoms with van der Waals surface area (Å²) in [5, 5.41) is 7.42. The molecule has 0 saturated carbocycles. The second kappa shape index (κ2) is 8.68. The van der Waals surface area contributed by atoms with Gasteiger partial charge in [-0.2, -0.15) is 0 Å². The van der Waals surface area contributed by atoms with E-state index >= 15 is 0 Å². The van der Waals surface area contributed by atoms with E-state index in [2.05, 4.69) is 29.4 Å². The van der Waals surface area contributed by atoms with Gasteiger partial charge < -0.3 is 19.8 Å². The Morgan fingerprint density at radius 3 is 2.73 bits per heavy atom. The SMILES string of the molecule is CCOC(=O)c1ccc(-c2ccc([C@@H]3NC(=O)c4c(sc5c4CCN(C(C)C)C5)N3)o2)cc1. The van der Waals surface area contributed by atoms with Gasteiger partial charge in [-0.05, 0) is 57.0 Å². The monoisotopic (exact) mass is 465 g/mol. The third-order valence-electron chi connectivity index (χ3n) is 6.19. The van der Waals surface area contributed by atoms with Gasteiger partial charge in [-0.1, -0.05) is 12.1 Å². The number of nitrogens with one attached hydrogen (secondary N) is 2. The van der Waals surface area contributed by atoms with Crippen molar-refractivity contribution in [2.45, 2.75) is 45.9 Å². The molecule has 0 radical (unpaired) electrons. The van der Waals surface area contributed by atoms with Gasteiger partial charge in [0.1, 0.15) is 16.5 Å². The van der Waals surface area contributed by atoms with E-state index in [1.54, 1.807) is 30.4 Å². The molecule has 0 fully saturated rings. The smallest absolute Gasteiger partial charge is 0.338 e. The minimum Gasteiger partial charge on any atom is -0.462 e. The minimum atomic E-state index is -0.432. The number of ether oxygens (including phenoxy) is 1. The standard InChI is InChI=1S/C25H27N3O4S/c1-4-31-25(30)16-7-5-15(6-8-16)18-9-10-19(32-18)22-26-23(29)21-17-11-12-28(14(2)3)13-20(17)33-24(21)27-22/h5-10,14,22,27H,4,11-13H2,1-3H3,(H,26,29)/t22-/m1/s1. The van der Waals surface area contributed by atoms with Crippen molar-refractivity contribution in [3.05, 3.63) is 63.7 Å². The summed E-state index contributed by atoms with van der Waals surface area (Å²) >= 11 is 1.67. The molecule has 1 atom stereocenters. The van der Waals surface area contributed by atoms with Crippen molar-refractivity contribution in [3.63, 3.8) is 0 Å². The summed E-state index contributed by atoms with van der Waals surface area (Å²) in [5.41, 5.74) is 3.31. The Bertz CT molecular complexity index is 1190. The Hall–Kier alpha value is -3.10. The molecule has 4 heterocycles. The molecule has 2 aromatic heterocycles. The molecule has 0 saturated heterocycles. The van der Waals surface area contributed by atoms with Gasteiger partial charge in [-0.15, -0.1) is 11.3 Å². The predicted octanol–water partition coefficient (Wildman–Crippen LogP) is 4.81. The molecular formula is C25H27N3O4S. The summed E-state index contributed by atoms with van der Waals surface area (Å²) < 4.78 is 11.1. The van der Waals surface area contributed by atoms with Crippen LogP contribution in [0.3, 0.4) is 0 Å². The van der Waals surface area contributed by atoms with E-state index in [-0.39, 0.29) is 11.9 Å². The van der Waals surface area contributed by atoms with Crippen LogP contribution in [-0.2, 0) is 17.7 Å². The predicted molar refractivity (Wildman–Crippen MR) is 127 cm³/mol. The van der Waals surface area contributed by atoms with Gasteiger partial charge in [-0.25, -0.2) is 4.79 Å². The van der Waals surface area contributed by atoms with E-state index in [1.165, 1.54) is 10.4 Å². The number of furan rings is 1. The fourth-order valence-electron chi connectivity index (χ4n) is 4.37. The van der Waals surface area contributed by atoms with Crippen LogP contribution < -0.4 is 10.6 Å². The van der Waals surface area contributed by atoms with E-state index in [0.717, 1.165) is 35.6 Å². The number of esters is 1. The molecule has 1 amide bonds. The first-order valence-electron chi connectivity index (χ1n) is 11.3. The maximum absolute atomic E-state index is 13.0. The van der Waals surface area contributed by atoms with Crippen LogP contribution in [-0.4, -0.2) is 36.0 Å². The van der Waals surface area contributed by atoms with Crippen molar-refractivity contribution in [2.24, 2.45) is 0 Å². The number of benzene rings is 1. The van der Waals surface area contributed by atoms with Crippen LogP contribution in [0.2, 0.25) is 0 Å². The summed E-state index contributed by atoms with van der Waals surface area (Å²) in [6.45, 7) is 8.39. The quantitative estimate of drug-likeness (QED) is 0.527. The van der Waals surface area contributed by atoms with Gasteiger partial charge in [-0.3, -0.25) is 9.69 Å². The molecule has 8 heteroatoms. The Morgan fingerprint density at radius 2 is 2.00 bits per heavy atom.